The predicted molar refractivity (Wildman–Crippen MR) is 137 cm³/mol. The molecule has 7 heteroatoms. The molecular weight excluding hydrogens is 438 g/mol. The Morgan fingerprint density at radius 2 is 1.49 bits per heavy atom. The van der Waals surface area contributed by atoms with Crippen LogP contribution in [0.25, 0.3) is 16.9 Å². The first-order valence-corrected chi connectivity index (χ1v) is 11.3. The maximum atomic E-state index is 13.5. The number of benzene rings is 3. The van der Waals surface area contributed by atoms with Crippen LogP contribution in [-0.4, -0.2) is 25.1 Å². The molecule has 1 amide bonds. The molecule has 0 unspecified atom stereocenters. The predicted octanol–water partition coefficient (Wildman–Crippen LogP) is 4.65. The summed E-state index contributed by atoms with van der Waals surface area (Å²) in [5.74, 6) is -0.380. The van der Waals surface area contributed by atoms with Crippen molar-refractivity contribution in [2.75, 3.05) is 5.32 Å². The zero-order valence-corrected chi connectivity index (χ0v) is 19.6. The van der Waals surface area contributed by atoms with Crippen molar-refractivity contribution in [3.8, 4) is 16.9 Å². The Labute approximate surface area is 202 Å². The lowest BCUT2D eigenvalue weighted by Gasteiger charge is -2.07. The van der Waals surface area contributed by atoms with E-state index in [0.29, 0.717) is 23.5 Å². The van der Waals surface area contributed by atoms with Crippen molar-refractivity contribution in [1.82, 2.24) is 19.1 Å². The van der Waals surface area contributed by atoms with E-state index in [4.69, 9.17) is 5.10 Å². The summed E-state index contributed by atoms with van der Waals surface area (Å²) >= 11 is 0. The molecule has 2 aromatic heterocycles. The van der Waals surface area contributed by atoms with E-state index in [2.05, 4.69) is 5.32 Å². The molecule has 2 heterocycles. The van der Waals surface area contributed by atoms with Crippen LogP contribution >= 0.6 is 0 Å². The van der Waals surface area contributed by atoms with Gasteiger partial charge < -0.3 is 5.32 Å². The molecule has 0 spiro atoms. The van der Waals surface area contributed by atoms with Crippen molar-refractivity contribution in [3.63, 3.8) is 0 Å². The maximum Gasteiger partial charge on any atom is 0.295 e. The van der Waals surface area contributed by atoms with E-state index in [1.54, 1.807) is 27.3 Å². The van der Waals surface area contributed by atoms with Gasteiger partial charge in [0, 0.05) is 18.8 Å². The van der Waals surface area contributed by atoms with Gasteiger partial charge in [0.25, 0.3) is 11.5 Å². The van der Waals surface area contributed by atoms with Crippen molar-refractivity contribution in [2.45, 2.75) is 13.5 Å². The number of anilines is 1. The maximum absolute atomic E-state index is 13.5. The Balaban J connectivity index is 1.53. The van der Waals surface area contributed by atoms with E-state index in [1.807, 2.05) is 97.9 Å². The summed E-state index contributed by atoms with van der Waals surface area (Å²) in [7, 11) is 1.80. The molecule has 0 saturated carbocycles. The summed E-state index contributed by atoms with van der Waals surface area (Å²) in [5.41, 5.74) is 4.22. The van der Waals surface area contributed by atoms with Gasteiger partial charge in [0.15, 0.2) is 0 Å². The van der Waals surface area contributed by atoms with Gasteiger partial charge in [-0.05, 0) is 24.6 Å². The van der Waals surface area contributed by atoms with E-state index < -0.39 is 0 Å². The largest absolute Gasteiger partial charge is 0.316 e. The third-order valence-electron chi connectivity index (χ3n) is 6.03. The average molecular weight is 464 g/mol. The smallest absolute Gasteiger partial charge is 0.295 e. The van der Waals surface area contributed by atoms with Gasteiger partial charge in [-0.3, -0.25) is 19.0 Å². The number of hydrogen-bond acceptors (Lipinski definition) is 3. The highest BCUT2D eigenvalue weighted by atomic mass is 16.2. The third-order valence-corrected chi connectivity index (χ3v) is 6.03. The van der Waals surface area contributed by atoms with Gasteiger partial charge in [0.05, 0.1) is 23.5 Å². The fourth-order valence-corrected chi connectivity index (χ4v) is 4.14. The number of carbonyl (C=O) groups is 1. The van der Waals surface area contributed by atoms with Gasteiger partial charge in [-0.25, -0.2) is 4.68 Å². The number of aromatic nitrogens is 4. The summed E-state index contributed by atoms with van der Waals surface area (Å²) in [6.45, 7) is 2.34. The Morgan fingerprint density at radius 1 is 0.886 bits per heavy atom. The molecular formula is C28H25N5O2. The van der Waals surface area contributed by atoms with Gasteiger partial charge >= 0.3 is 0 Å². The molecule has 35 heavy (non-hydrogen) atoms. The molecule has 3 aromatic carbocycles. The molecule has 0 atom stereocenters. The van der Waals surface area contributed by atoms with E-state index in [9.17, 15) is 9.59 Å². The third kappa shape index (κ3) is 4.31. The summed E-state index contributed by atoms with van der Waals surface area (Å²) in [5, 5.41) is 7.59. The molecule has 5 rings (SSSR count). The molecule has 0 aliphatic rings. The van der Waals surface area contributed by atoms with Gasteiger partial charge in [0.2, 0.25) is 0 Å². The minimum absolute atomic E-state index is 0.246. The standard InChI is InChI=1S/C28H25N5O2/c1-20-25(28(35)33(31(20)2)23-16-10-5-11-17-23)29-27(34)24-19-32(18-21-12-6-3-7-13-21)30-26(24)22-14-8-4-9-15-22/h3-17,19H,18H2,1-2H3,(H,29,34). The Bertz CT molecular complexity index is 1530. The van der Waals surface area contributed by atoms with Gasteiger partial charge in [-0.2, -0.15) is 5.10 Å². The molecule has 0 radical (unpaired) electrons. The number of rotatable bonds is 6. The molecule has 7 nitrogen and oxygen atoms in total. The Morgan fingerprint density at radius 3 is 2.14 bits per heavy atom. The van der Waals surface area contributed by atoms with E-state index in [1.165, 1.54) is 0 Å². The second-order valence-corrected chi connectivity index (χ2v) is 8.33. The normalized spacial score (nSPS) is 10.9. The highest BCUT2D eigenvalue weighted by Crippen LogP contribution is 2.24. The lowest BCUT2D eigenvalue weighted by atomic mass is 10.1. The number of nitrogens with zero attached hydrogens (tertiary/aromatic N) is 4. The first-order chi connectivity index (χ1) is 17.0. The number of carbonyl (C=O) groups excluding carboxylic acids is 1. The lowest BCUT2D eigenvalue weighted by molar-refractivity contribution is 0.102. The number of amides is 1. The lowest BCUT2D eigenvalue weighted by Crippen LogP contribution is -2.23. The monoisotopic (exact) mass is 463 g/mol. The van der Waals surface area contributed by atoms with Gasteiger partial charge in [-0.15, -0.1) is 0 Å². The summed E-state index contributed by atoms with van der Waals surface area (Å²) in [6, 6.07) is 28.9. The quantitative estimate of drug-likeness (QED) is 0.398. The van der Waals surface area contributed by atoms with Crippen LogP contribution in [0.5, 0.6) is 0 Å². The molecule has 0 saturated heterocycles. The fourth-order valence-electron chi connectivity index (χ4n) is 4.14. The van der Waals surface area contributed by atoms with E-state index >= 15 is 0 Å². The SMILES string of the molecule is Cc1c(NC(=O)c2cn(Cc3ccccc3)nc2-c2ccccc2)c(=O)n(-c2ccccc2)n1C. The van der Waals surface area contributed by atoms with Crippen molar-refractivity contribution in [2.24, 2.45) is 7.05 Å². The Hall–Kier alpha value is -4.65. The van der Waals surface area contributed by atoms with Crippen LogP contribution in [0.4, 0.5) is 5.69 Å². The number of para-hydroxylation sites is 1. The average Bonchev–Trinajstić information content (AvgIpc) is 3.40. The second kappa shape index (κ2) is 9.30. The van der Waals surface area contributed by atoms with Crippen LogP contribution in [0.2, 0.25) is 0 Å². The van der Waals surface area contributed by atoms with Crippen molar-refractivity contribution >= 4 is 11.6 Å². The van der Waals surface area contributed by atoms with Crippen LogP contribution in [0, 0.1) is 6.92 Å². The fraction of sp³-hybridized carbons (Fsp3) is 0.107. The number of hydrogen-bond donors (Lipinski definition) is 1. The van der Waals surface area contributed by atoms with Crippen molar-refractivity contribution in [3.05, 3.63) is 124 Å². The molecule has 0 aliphatic heterocycles. The molecule has 174 valence electrons. The Kier molecular flexibility index (Phi) is 5.89. The minimum atomic E-state index is -0.380. The van der Waals surface area contributed by atoms with Crippen molar-refractivity contribution < 1.29 is 4.79 Å². The summed E-state index contributed by atoms with van der Waals surface area (Å²) < 4.78 is 5.04. The first-order valence-electron chi connectivity index (χ1n) is 11.3. The summed E-state index contributed by atoms with van der Waals surface area (Å²) in [6.07, 6.45) is 1.73. The zero-order chi connectivity index (χ0) is 24.4. The van der Waals surface area contributed by atoms with Gasteiger partial charge in [-0.1, -0.05) is 78.9 Å². The molecule has 5 aromatic rings. The van der Waals surface area contributed by atoms with Crippen LogP contribution in [-0.2, 0) is 13.6 Å². The molecule has 0 fully saturated rings. The van der Waals surface area contributed by atoms with Crippen LogP contribution < -0.4 is 10.9 Å². The van der Waals surface area contributed by atoms with Gasteiger partial charge in [0.1, 0.15) is 11.4 Å². The molecule has 0 aliphatic carbocycles. The van der Waals surface area contributed by atoms with Crippen molar-refractivity contribution in [1.29, 1.82) is 0 Å². The van der Waals surface area contributed by atoms with Crippen LogP contribution in [0.15, 0.2) is 102 Å². The minimum Gasteiger partial charge on any atom is -0.316 e. The number of nitrogens with one attached hydrogen (secondary N) is 1. The topological polar surface area (TPSA) is 73.8 Å². The highest BCUT2D eigenvalue weighted by molar-refractivity contribution is 6.08. The molecule has 1 N–H and O–H groups in total. The highest BCUT2D eigenvalue weighted by Gasteiger charge is 2.23. The molecule has 0 bridgehead atoms. The van der Waals surface area contributed by atoms with Crippen LogP contribution in [0.1, 0.15) is 21.6 Å². The van der Waals surface area contributed by atoms with Crippen LogP contribution in [0.3, 0.4) is 0 Å². The van der Waals surface area contributed by atoms with E-state index in [0.717, 1.165) is 16.8 Å². The first kappa shape index (κ1) is 22.2. The zero-order valence-electron chi connectivity index (χ0n) is 19.6. The second-order valence-electron chi connectivity index (χ2n) is 8.33. The summed E-state index contributed by atoms with van der Waals surface area (Å²) in [4.78, 5) is 26.8. The van der Waals surface area contributed by atoms with E-state index in [-0.39, 0.29) is 17.2 Å².